The fourth-order valence-electron chi connectivity index (χ4n) is 4.32. The average Bonchev–Trinajstić information content (AvgIpc) is 3.28. The van der Waals surface area contributed by atoms with Crippen LogP contribution in [-0.4, -0.2) is 47.3 Å². The Hall–Kier alpha value is -3.67. The van der Waals surface area contributed by atoms with Gasteiger partial charge in [-0.25, -0.2) is 0 Å². The predicted octanol–water partition coefficient (Wildman–Crippen LogP) is 4.30. The third kappa shape index (κ3) is 4.90. The average molecular weight is 446 g/mol. The molecule has 1 aliphatic rings. The van der Waals surface area contributed by atoms with Gasteiger partial charge in [0.05, 0.1) is 20.3 Å². The Balaban J connectivity index is 1.60. The number of amides is 1. The van der Waals surface area contributed by atoms with Crippen LogP contribution < -0.4 is 24.6 Å². The van der Waals surface area contributed by atoms with Crippen LogP contribution in [0, 0.1) is 0 Å². The molecule has 0 radical (unpaired) electrons. The quantitative estimate of drug-likeness (QED) is 0.560. The summed E-state index contributed by atoms with van der Waals surface area (Å²) >= 11 is 0. The van der Waals surface area contributed by atoms with E-state index in [-0.39, 0.29) is 11.9 Å². The number of ether oxygens (including phenoxy) is 2. The second-order valence-corrected chi connectivity index (χ2v) is 8.39. The summed E-state index contributed by atoms with van der Waals surface area (Å²) in [5.41, 5.74) is 5.40. The van der Waals surface area contributed by atoms with Gasteiger partial charge in [0.2, 0.25) is 0 Å². The minimum Gasteiger partial charge on any atom is -0.497 e. The molecular weight excluding hydrogens is 414 g/mol. The Labute approximate surface area is 195 Å². The second kappa shape index (κ2) is 9.86. The number of carbonyl (C=O) groups excluding carboxylic acids is 1. The number of fused-ring (bicyclic) bond motifs is 1. The van der Waals surface area contributed by atoms with E-state index in [4.69, 9.17) is 9.47 Å². The van der Waals surface area contributed by atoms with E-state index in [2.05, 4.69) is 63.6 Å². The number of benzene rings is 3. The van der Waals surface area contributed by atoms with Gasteiger partial charge in [-0.3, -0.25) is 4.79 Å². The number of carbonyl (C=O) groups is 1. The Kier molecular flexibility index (Phi) is 6.73. The number of methoxy groups -OCH3 is 2. The standard InChI is InChI=1S/C27H31N3O3/c1-29(2)22-11-9-20(10-12-22)26(30-14-13-19-7-5-6-8-25(19)30)18-28-27(31)21-15-23(32-3)17-24(16-21)33-4/h5-12,15-17,26H,13-14,18H2,1-4H3,(H,28,31). The summed E-state index contributed by atoms with van der Waals surface area (Å²) in [5, 5.41) is 3.14. The van der Waals surface area contributed by atoms with Gasteiger partial charge in [-0.2, -0.15) is 0 Å². The summed E-state index contributed by atoms with van der Waals surface area (Å²) in [6, 6.07) is 22.3. The van der Waals surface area contributed by atoms with E-state index >= 15 is 0 Å². The molecule has 0 saturated heterocycles. The summed E-state index contributed by atoms with van der Waals surface area (Å²) in [6.07, 6.45) is 1.00. The molecule has 1 heterocycles. The van der Waals surface area contributed by atoms with Crippen molar-refractivity contribution in [3.8, 4) is 11.5 Å². The first-order valence-electron chi connectivity index (χ1n) is 11.1. The van der Waals surface area contributed by atoms with Crippen molar-refractivity contribution in [1.82, 2.24) is 5.32 Å². The maximum Gasteiger partial charge on any atom is 0.251 e. The molecule has 0 bridgehead atoms. The summed E-state index contributed by atoms with van der Waals surface area (Å²) < 4.78 is 10.6. The van der Waals surface area contributed by atoms with Crippen molar-refractivity contribution in [2.45, 2.75) is 12.5 Å². The van der Waals surface area contributed by atoms with E-state index in [1.165, 1.54) is 16.8 Å². The van der Waals surface area contributed by atoms with Gasteiger partial charge in [0.15, 0.2) is 0 Å². The highest BCUT2D eigenvalue weighted by Crippen LogP contribution is 2.35. The number of rotatable bonds is 8. The summed E-state index contributed by atoms with van der Waals surface area (Å²) in [6.45, 7) is 1.40. The highest BCUT2D eigenvalue weighted by molar-refractivity contribution is 5.95. The molecule has 6 nitrogen and oxygen atoms in total. The smallest absolute Gasteiger partial charge is 0.251 e. The molecule has 4 rings (SSSR count). The van der Waals surface area contributed by atoms with Crippen molar-refractivity contribution in [2.75, 3.05) is 51.2 Å². The SMILES string of the molecule is COc1cc(OC)cc(C(=O)NCC(c2ccc(N(C)C)cc2)N2CCc3ccccc32)c1. The molecule has 0 aliphatic carbocycles. The lowest BCUT2D eigenvalue weighted by Crippen LogP contribution is -2.37. The van der Waals surface area contributed by atoms with Gasteiger partial charge >= 0.3 is 0 Å². The zero-order chi connectivity index (χ0) is 23.4. The number of para-hydroxylation sites is 1. The zero-order valence-corrected chi connectivity index (χ0v) is 19.7. The maximum absolute atomic E-state index is 13.1. The summed E-state index contributed by atoms with van der Waals surface area (Å²) in [7, 11) is 7.22. The van der Waals surface area contributed by atoms with Crippen LogP contribution in [0.1, 0.15) is 27.5 Å². The highest BCUT2D eigenvalue weighted by Gasteiger charge is 2.27. The van der Waals surface area contributed by atoms with Crippen LogP contribution in [0.2, 0.25) is 0 Å². The van der Waals surface area contributed by atoms with Crippen molar-refractivity contribution in [3.63, 3.8) is 0 Å². The molecule has 3 aromatic carbocycles. The normalized spacial score (nSPS) is 13.3. The van der Waals surface area contributed by atoms with E-state index < -0.39 is 0 Å². The number of anilines is 2. The van der Waals surface area contributed by atoms with Gasteiger partial charge in [-0.05, 0) is 47.9 Å². The lowest BCUT2D eigenvalue weighted by molar-refractivity contribution is 0.0950. The zero-order valence-electron chi connectivity index (χ0n) is 19.7. The molecule has 33 heavy (non-hydrogen) atoms. The molecular formula is C27H31N3O3. The van der Waals surface area contributed by atoms with Gasteiger partial charge < -0.3 is 24.6 Å². The molecule has 3 aromatic rings. The first-order valence-corrected chi connectivity index (χ1v) is 11.1. The van der Waals surface area contributed by atoms with Crippen molar-refractivity contribution in [3.05, 3.63) is 83.4 Å². The van der Waals surface area contributed by atoms with Gasteiger partial charge in [-0.1, -0.05) is 30.3 Å². The first kappa shape index (κ1) is 22.5. The van der Waals surface area contributed by atoms with Crippen LogP contribution in [0.3, 0.4) is 0 Å². The van der Waals surface area contributed by atoms with Crippen molar-refractivity contribution in [1.29, 1.82) is 0 Å². The third-order valence-corrected chi connectivity index (χ3v) is 6.16. The van der Waals surface area contributed by atoms with Crippen molar-refractivity contribution in [2.24, 2.45) is 0 Å². The van der Waals surface area contributed by atoms with E-state index in [9.17, 15) is 4.79 Å². The highest BCUT2D eigenvalue weighted by atomic mass is 16.5. The molecule has 1 atom stereocenters. The van der Waals surface area contributed by atoms with E-state index in [1.807, 2.05) is 14.1 Å². The van der Waals surface area contributed by atoms with Crippen LogP contribution in [0.4, 0.5) is 11.4 Å². The van der Waals surface area contributed by atoms with Gasteiger partial charge in [0.25, 0.3) is 5.91 Å². The largest absolute Gasteiger partial charge is 0.497 e. The van der Waals surface area contributed by atoms with E-state index in [1.54, 1.807) is 32.4 Å². The lowest BCUT2D eigenvalue weighted by atomic mass is 10.0. The van der Waals surface area contributed by atoms with Crippen LogP contribution in [0.5, 0.6) is 11.5 Å². The molecule has 1 aliphatic heterocycles. The van der Waals surface area contributed by atoms with Crippen molar-refractivity contribution >= 4 is 17.3 Å². The number of nitrogens with zero attached hydrogens (tertiary/aromatic N) is 2. The predicted molar refractivity (Wildman–Crippen MR) is 133 cm³/mol. The molecule has 0 aromatic heterocycles. The number of hydrogen-bond donors (Lipinski definition) is 1. The fourth-order valence-corrected chi connectivity index (χ4v) is 4.32. The Morgan fingerprint density at radius 3 is 2.30 bits per heavy atom. The molecule has 6 heteroatoms. The summed E-state index contributed by atoms with van der Waals surface area (Å²) in [4.78, 5) is 17.6. The maximum atomic E-state index is 13.1. The molecule has 0 fully saturated rings. The lowest BCUT2D eigenvalue weighted by Gasteiger charge is -2.31. The summed E-state index contributed by atoms with van der Waals surface area (Å²) in [5.74, 6) is 1.02. The van der Waals surface area contributed by atoms with Crippen LogP contribution in [0.25, 0.3) is 0 Å². The van der Waals surface area contributed by atoms with Crippen LogP contribution >= 0.6 is 0 Å². The van der Waals surface area contributed by atoms with Crippen molar-refractivity contribution < 1.29 is 14.3 Å². The van der Waals surface area contributed by atoms with E-state index in [0.717, 1.165) is 18.7 Å². The van der Waals surface area contributed by atoms with Gasteiger partial charge in [0.1, 0.15) is 11.5 Å². The monoisotopic (exact) mass is 445 g/mol. The van der Waals surface area contributed by atoms with Crippen LogP contribution in [0.15, 0.2) is 66.7 Å². The van der Waals surface area contributed by atoms with Gasteiger partial charge in [0, 0.05) is 50.2 Å². The number of nitrogens with one attached hydrogen (secondary N) is 1. The molecule has 0 saturated carbocycles. The molecule has 1 amide bonds. The fraction of sp³-hybridized carbons (Fsp3) is 0.296. The second-order valence-electron chi connectivity index (χ2n) is 8.39. The Morgan fingerprint density at radius 1 is 1.00 bits per heavy atom. The third-order valence-electron chi connectivity index (χ3n) is 6.16. The minimum absolute atomic E-state index is 0.0151. The first-order chi connectivity index (χ1) is 16.0. The van der Waals surface area contributed by atoms with Crippen LogP contribution in [-0.2, 0) is 6.42 Å². The minimum atomic E-state index is -0.158. The van der Waals surface area contributed by atoms with Gasteiger partial charge in [-0.15, -0.1) is 0 Å². The van der Waals surface area contributed by atoms with E-state index in [0.29, 0.717) is 23.6 Å². The molecule has 1 unspecified atom stereocenters. The Morgan fingerprint density at radius 2 is 1.67 bits per heavy atom. The molecule has 1 N–H and O–H groups in total. The number of hydrogen-bond acceptors (Lipinski definition) is 5. The molecule has 0 spiro atoms. The Bertz CT molecular complexity index is 1090. The topological polar surface area (TPSA) is 54.0 Å². The molecule has 172 valence electrons.